The molecule has 1 fully saturated rings. The normalized spacial score (nSPS) is 13.5. The first kappa shape index (κ1) is 30.3. The quantitative estimate of drug-likeness (QED) is 0.431. The van der Waals surface area contributed by atoms with Gasteiger partial charge >= 0.3 is 11.9 Å². The molecule has 0 unspecified atom stereocenters. The van der Waals surface area contributed by atoms with Crippen molar-refractivity contribution in [3.63, 3.8) is 0 Å². The monoisotopic (exact) mass is 536 g/mol. The van der Waals surface area contributed by atoms with Crippen molar-refractivity contribution in [2.75, 3.05) is 68.8 Å². The van der Waals surface area contributed by atoms with Crippen molar-refractivity contribution in [2.24, 2.45) is 0 Å². The van der Waals surface area contributed by atoms with Gasteiger partial charge in [0.25, 0.3) is 0 Å². The van der Waals surface area contributed by atoms with Crippen molar-refractivity contribution in [2.45, 2.75) is 13.1 Å². The second kappa shape index (κ2) is 14.7. The molecule has 210 valence electrons. The van der Waals surface area contributed by atoms with Crippen LogP contribution >= 0.6 is 0 Å². The van der Waals surface area contributed by atoms with E-state index in [9.17, 15) is 0 Å². The lowest BCUT2D eigenvalue weighted by atomic mass is 10.1. The van der Waals surface area contributed by atoms with Crippen LogP contribution in [0.2, 0.25) is 0 Å². The van der Waals surface area contributed by atoms with Crippen LogP contribution in [0.1, 0.15) is 11.1 Å². The Morgan fingerprint density at radius 2 is 0.816 bits per heavy atom. The second-order valence-electron chi connectivity index (χ2n) is 8.20. The first-order chi connectivity index (χ1) is 18.2. The maximum absolute atomic E-state index is 9.10. The Balaban J connectivity index is 0.000000757. The minimum absolute atomic E-state index is 0.668. The van der Waals surface area contributed by atoms with Gasteiger partial charge in [-0.15, -0.1) is 0 Å². The van der Waals surface area contributed by atoms with Crippen molar-refractivity contribution in [3.8, 4) is 34.5 Å². The zero-order valence-electron chi connectivity index (χ0n) is 22.6. The average Bonchev–Trinajstić information content (AvgIpc) is 2.93. The minimum Gasteiger partial charge on any atom is -0.496 e. The molecule has 2 N–H and O–H groups in total. The molecule has 0 aliphatic carbocycles. The lowest BCUT2D eigenvalue weighted by Gasteiger charge is -2.35. The van der Waals surface area contributed by atoms with E-state index in [1.807, 2.05) is 24.3 Å². The van der Waals surface area contributed by atoms with Crippen LogP contribution in [0.5, 0.6) is 34.5 Å². The van der Waals surface area contributed by atoms with Crippen LogP contribution in [0.4, 0.5) is 0 Å². The third-order valence-electron chi connectivity index (χ3n) is 6.01. The molecule has 2 aromatic carbocycles. The predicted octanol–water partition coefficient (Wildman–Crippen LogP) is 2.21. The van der Waals surface area contributed by atoms with Crippen LogP contribution in [0.25, 0.3) is 0 Å². The highest BCUT2D eigenvalue weighted by Gasteiger charge is 2.22. The Kier molecular flexibility index (Phi) is 11.8. The Bertz CT molecular complexity index is 999. The van der Waals surface area contributed by atoms with Crippen LogP contribution in [0, 0.1) is 0 Å². The summed E-state index contributed by atoms with van der Waals surface area (Å²) in [4.78, 5) is 23.0. The predicted molar refractivity (Wildman–Crippen MR) is 138 cm³/mol. The van der Waals surface area contributed by atoms with Gasteiger partial charge in [0, 0.05) is 62.5 Å². The highest BCUT2D eigenvalue weighted by Crippen LogP contribution is 2.36. The Morgan fingerprint density at radius 3 is 1.05 bits per heavy atom. The number of piperazine rings is 1. The second-order valence-corrected chi connectivity index (χ2v) is 8.20. The van der Waals surface area contributed by atoms with Gasteiger partial charge in [0.1, 0.15) is 11.5 Å². The van der Waals surface area contributed by atoms with Crippen molar-refractivity contribution in [3.05, 3.63) is 35.4 Å². The molecule has 1 saturated heterocycles. The van der Waals surface area contributed by atoms with Gasteiger partial charge in [-0.3, -0.25) is 9.80 Å². The van der Waals surface area contributed by atoms with E-state index in [0.29, 0.717) is 23.0 Å². The lowest BCUT2D eigenvalue weighted by molar-refractivity contribution is -0.159. The van der Waals surface area contributed by atoms with Crippen molar-refractivity contribution in [1.29, 1.82) is 0 Å². The standard InChI is InChI=1S/C24H34N2O6.C2H2O4/c1-27-19-13-23(31-5)21(29-3)11-17(19)15-25-7-9-26(10-8-25)16-18-12-22(30-4)24(32-6)14-20(18)28-2;3-1(4)2(5)6/h11-14H,7-10,15-16H2,1-6H3;(H,3,4)(H,5,6). The zero-order valence-corrected chi connectivity index (χ0v) is 22.6. The molecule has 2 aromatic rings. The van der Waals surface area contributed by atoms with Gasteiger partial charge in [-0.25, -0.2) is 9.59 Å². The molecule has 0 bridgehead atoms. The van der Waals surface area contributed by atoms with Crippen molar-refractivity contribution >= 4 is 11.9 Å². The minimum atomic E-state index is -1.82. The maximum atomic E-state index is 9.10. The summed E-state index contributed by atoms with van der Waals surface area (Å²) < 4.78 is 32.9. The smallest absolute Gasteiger partial charge is 0.414 e. The number of hydrogen-bond donors (Lipinski definition) is 2. The van der Waals surface area contributed by atoms with Crippen LogP contribution in [0.3, 0.4) is 0 Å². The van der Waals surface area contributed by atoms with Gasteiger partial charge in [-0.2, -0.15) is 0 Å². The number of carboxylic acids is 2. The number of hydrogen-bond acceptors (Lipinski definition) is 10. The summed E-state index contributed by atoms with van der Waals surface area (Å²) in [5.74, 6) is 0.721. The van der Waals surface area contributed by atoms with Gasteiger partial charge in [0.2, 0.25) is 0 Å². The van der Waals surface area contributed by atoms with Crippen LogP contribution in [0.15, 0.2) is 24.3 Å². The van der Waals surface area contributed by atoms with E-state index < -0.39 is 11.9 Å². The molecule has 38 heavy (non-hydrogen) atoms. The van der Waals surface area contributed by atoms with E-state index in [1.54, 1.807) is 42.7 Å². The molecule has 1 aliphatic heterocycles. The third-order valence-corrected chi connectivity index (χ3v) is 6.01. The van der Waals surface area contributed by atoms with Crippen LogP contribution in [-0.4, -0.2) is 101 Å². The Labute approximate surface area is 222 Å². The number of rotatable bonds is 10. The fraction of sp³-hybridized carbons (Fsp3) is 0.462. The highest BCUT2D eigenvalue weighted by molar-refractivity contribution is 6.27. The number of methoxy groups -OCH3 is 6. The molecule has 0 amide bonds. The fourth-order valence-corrected chi connectivity index (χ4v) is 4.02. The summed E-state index contributed by atoms with van der Waals surface area (Å²) in [5, 5.41) is 14.8. The average molecular weight is 537 g/mol. The Hall–Kier alpha value is -3.90. The van der Waals surface area contributed by atoms with Crippen molar-refractivity contribution in [1.82, 2.24) is 9.80 Å². The van der Waals surface area contributed by atoms with Gasteiger partial charge < -0.3 is 38.6 Å². The summed E-state index contributed by atoms with van der Waals surface area (Å²) in [5.41, 5.74) is 2.17. The molecular formula is C26H36N2O10. The maximum Gasteiger partial charge on any atom is 0.414 e. The zero-order chi connectivity index (χ0) is 28.2. The first-order valence-electron chi connectivity index (χ1n) is 11.7. The molecule has 12 nitrogen and oxygen atoms in total. The molecule has 12 heteroatoms. The molecule has 0 spiro atoms. The van der Waals surface area contributed by atoms with Gasteiger partial charge in [0.15, 0.2) is 23.0 Å². The Morgan fingerprint density at radius 1 is 0.553 bits per heavy atom. The third kappa shape index (κ3) is 8.05. The largest absolute Gasteiger partial charge is 0.496 e. The first-order valence-corrected chi connectivity index (χ1v) is 11.7. The van der Waals surface area contributed by atoms with E-state index >= 15 is 0 Å². The van der Waals surface area contributed by atoms with E-state index in [4.69, 9.17) is 48.2 Å². The topological polar surface area (TPSA) is 136 Å². The van der Waals surface area contributed by atoms with E-state index in [2.05, 4.69) is 9.80 Å². The summed E-state index contributed by atoms with van der Waals surface area (Å²) >= 11 is 0. The summed E-state index contributed by atoms with van der Waals surface area (Å²) in [7, 11) is 9.91. The summed E-state index contributed by atoms with van der Waals surface area (Å²) in [6.45, 7) is 5.38. The van der Waals surface area contributed by atoms with Crippen molar-refractivity contribution < 1.29 is 48.2 Å². The number of aliphatic carboxylic acids is 2. The fourth-order valence-electron chi connectivity index (χ4n) is 4.02. The molecule has 0 saturated carbocycles. The molecule has 1 aliphatic rings. The molecule has 0 aromatic heterocycles. The van der Waals surface area contributed by atoms with E-state index in [-0.39, 0.29) is 0 Å². The van der Waals surface area contributed by atoms with Crippen LogP contribution in [-0.2, 0) is 22.7 Å². The highest BCUT2D eigenvalue weighted by atomic mass is 16.5. The van der Waals surface area contributed by atoms with Crippen LogP contribution < -0.4 is 28.4 Å². The number of nitrogens with zero attached hydrogens (tertiary/aromatic N) is 2. The van der Waals surface area contributed by atoms with Gasteiger partial charge in [-0.05, 0) is 12.1 Å². The van der Waals surface area contributed by atoms with Gasteiger partial charge in [0.05, 0.1) is 42.7 Å². The number of ether oxygens (including phenoxy) is 6. The molecular weight excluding hydrogens is 500 g/mol. The lowest BCUT2D eigenvalue weighted by Crippen LogP contribution is -2.45. The van der Waals surface area contributed by atoms with E-state index in [0.717, 1.165) is 61.9 Å². The number of carboxylic acid groups (broad SMARTS) is 2. The molecule has 0 radical (unpaired) electrons. The SMILES string of the molecule is COc1cc(OC)c(OC)cc1CN1CCN(Cc2cc(OC)c(OC)cc2OC)CC1.O=C(O)C(=O)O. The van der Waals surface area contributed by atoms with Gasteiger partial charge in [-0.1, -0.05) is 0 Å². The number of carbonyl (C=O) groups is 2. The summed E-state index contributed by atoms with van der Waals surface area (Å²) in [6.07, 6.45) is 0. The van der Waals surface area contributed by atoms with E-state index in [1.165, 1.54) is 0 Å². The number of benzene rings is 2. The molecule has 1 heterocycles. The molecule has 0 atom stereocenters. The molecule has 3 rings (SSSR count). The summed E-state index contributed by atoms with van der Waals surface area (Å²) in [6, 6.07) is 7.76.